The predicted molar refractivity (Wildman–Crippen MR) is 103 cm³/mol. The van der Waals surface area contributed by atoms with E-state index >= 15 is 0 Å². The van der Waals surface area contributed by atoms with Crippen LogP contribution < -0.4 is 21.1 Å². The Hall–Kier alpha value is -3.22. The molecule has 2 aromatic carbocycles. The molecular weight excluding hydrogens is 332 g/mol. The van der Waals surface area contributed by atoms with Crippen LogP contribution in [0.5, 0.6) is 5.75 Å². The topological polar surface area (TPSA) is 77.3 Å². The van der Waals surface area contributed by atoms with Gasteiger partial charge in [-0.1, -0.05) is 12.1 Å². The van der Waals surface area contributed by atoms with E-state index in [1.807, 2.05) is 32.0 Å². The number of nitrogens with one attached hydrogen (secondary N) is 2. The lowest BCUT2D eigenvalue weighted by molar-refractivity contribution is 0.262. The van der Waals surface area contributed by atoms with E-state index in [-0.39, 0.29) is 11.7 Å². The maximum atomic E-state index is 12.4. The highest BCUT2D eigenvalue weighted by Crippen LogP contribution is 2.25. The number of anilines is 2. The first-order valence-electron chi connectivity index (χ1n) is 8.38. The van der Waals surface area contributed by atoms with Gasteiger partial charge in [-0.2, -0.15) is 0 Å². The van der Waals surface area contributed by atoms with Gasteiger partial charge in [0, 0.05) is 19.8 Å². The lowest BCUT2D eigenvalue weighted by Gasteiger charge is -2.13. The molecule has 3 rings (SSSR count). The molecule has 0 atom stereocenters. The second kappa shape index (κ2) is 6.95. The number of nitrogens with zero attached hydrogens (tertiary/aromatic N) is 2. The van der Waals surface area contributed by atoms with Crippen LogP contribution in [0, 0.1) is 6.92 Å². The number of carbonyl (C=O) groups is 1. The Kier molecular flexibility index (Phi) is 4.71. The molecule has 2 N–H and O–H groups in total. The first kappa shape index (κ1) is 17.6. The fraction of sp³-hybridized carbons (Fsp3) is 0.263. The number of amides is 2. The summed E-state index contributed by atoms with van der Waals surface area (Å²) >= 11 is 0. The van der Waals surface area contributed by atoms with Crippen molar-refractivity contribution in [3.63, 3.8) is 0 Å². The van der Waals surface area contributed by atoms with Gasteiger partial charge in [-0.15, -0.1) is 0 Å². The van der Waals surface area contributed by atoms with Crippen LogP contribution in [0.1, 0.15) is 12.5 Å². The molecule has 0 spiro atoms. The van der Waals surface area contributed by atoms with Crippen LogP contribution >= 0.6 is 0 Å². The molecule has 0 bridgehead atoms. The molecule has 0 saturated heterocycles. The molecule has 7 heteroatoms. The molecule has 3 aromatic rings. The summed E-state index contributed by atoms with van der Waals surface area (Å²) in [6, 6.07) is 10.6. The lowest BCUT2D eigenvalue weighted by Crippen LogP contribution is -2.20. The standard InChI is InChI=1S/C19H22N4O3/c1-5-26-17-9-7-6-8-13(17)20-18(24)21-14-11-16-15(10-12(14)2)22(3)19(25)23(16)4/h6-11H,5H2,1-4H3,(H2,20,21,24). The summed E-state index contributed by atoms with van der Waals surface area (Å²) in [6.45, 7) is 4.29. The third-order valence-corrected chi connectivity index (χ3v) is 4.30. The fourth-order valence-electron chi connectivity index (χ4n) is 2.91. The quantitative estimate of drug-likeness (QED) is 0.755. The zero-order valence-electron chi connectivity index (χ0n) is 15.3. The molecular formula is C19H22N4O3. The van der Waals surface area contributed by atoms with Crippen molar-refractivity contribution in [1.82, 2.24) is 9.13 Å². The second-order valence-electron chi connectivity index (χ2n) is 6.06. The predicted octanol–water partition coefficient (Wildman–Crippen LogP) is 3.23. The second-order valence-corrected chi connectivity index (χ2v) is 6.06. The maximum Gasteiger partial charge on any atom is 0.328 e. The number of aromatic nitrogens is 2. The van der Waals surface area contributed by atoms with E-state index in [1.165, 1.54) is 0 Å². The number of urea groups is 1. The van der Waals surface area contributed by atoms with E-state index in [2.05, 4.69) is 10.6 Å². The largest absolute Gasteiger partial charge is 0.492 e. The number of ether oxygens (including phenoxy) is 1. The molecule has 2 amide bonds. The average Bonchev–Trinajstić information content (AvgIpc) is 2.81. The van der Waals surface area contributed by atoms with Crippen LogP contribution in [0.2, 0.25) is 0 Å². The first-order valence-corrected chi connectivity index (χ1v) is 8.38. The van der Waals surface area contributed by atoms with Crippen molar-refractivity contribution in [3.8, 4) is 5.75 Å². The number of hydrogen-bond acceptors (Lipinski definition) is 3. The molecule has 0 aliphatic carbocycles. The Morgan fingerprint density at radius 2 is 1.65 bits per heavy atom. The van der Waals surface area contributed by atoms with Crippen molar-refractivity contribution in [3.05, 3.63) is 52.4 Å². The summed E-state index contributed by atoms with van der Waals surface area (Å²) in [5.74, 6) is 0.614. The van der Waals surface area contributed by atoms with Crippen LogP contribution in [0.15, 0.2) is 41.2 Å². The molecule has 0 aliphatic rings. The summed E-state index contributed by atoms with van der Waals surface area (Å²) in [5, 5.41) is 5.65. The number of carbonyl (C=O) groups excluding carboxylic acids is 1. The molecule has 26 heavy (non-hydrogen) atoms. The SMILES string of the molecule is CCOc1ccccc1NC(=O)Nc1cc2c(cc1C)n(C)c(=O)n2C. The summed E-state index contributed by atoms with van der Waals surface area (Å²) in [7, 11) is 3.44. The van der Waals surface area contributed by atoms with Crippen molar-refractivity contribution in [2.24, 2.45) is 14.1 Å². The van der Waals surface area contributed by atoms with Crippen LogP contribution in [0.4, 0.5) is 16.2 Å². The summed E-state index contributed by atoms with van der Waals surface area (Å²) in [5.41, 5.74) is 3.58. The molecule has 0 aliphatic heterocycles. The van der Waals surface area contributed by atoms with E-state index in [1.54, 1.807) is 41.4 Å². The number of hydrogen-bond donors (Lipinski definition) is 2. The van der Waals surface area contributed by atoms with Gasteiger partial charge < -0.3 is 15.4 Å². The van der Waals surface area contributed by atoms with Gasteiger partial charge in [-0.25, -0.2) is 9.59 Å². The number of rotatable bonds is 4. The maximum absolute atomic E-state index is 12.4. The minimum absolute atomic E-state index is 0.105. The zero-order chi connectivity index (χ0) is 18.8. The fourth-order valence-corrected chi connectivity index (χ4v) is 2.91. The van der Waals surface area contributed by atoms with E-state index in [9.17, 15) is 9.59 Å². The van der Waals surface area contributed by atoms with Gasteiger partial charge in [0.2, 0.25) is 0 Å². The molecule has 136 valence electrons. The van der Waals surface area contributed by atoms with Gasteiger partial charge in [0.25, 0.3) is 0 Å². The molecule has 0 unspecified atom stereocenters. The zero-order valence-corrected chi connectivity index (χ0v) is 15.3. The van der Waals surface area contributed by atoms with Gasteiger partial charge >= 0.3 is 11.7 Å². The highest BCUT2D eigenvalue weighted by molar-refractivity contribution is 6.02. The number of fused-ring (bicyclic) bond motifs is 1. The Morgan fingerprint density at radius 3 is 2.35 bits per heavy atom. The van der Waals surface area contributed by atoms with Crippen molar-refractivity contribution in [2.75, 3.05) is 17.2 Å². The van der Waals surface area contributed by atoms with Gasteiger partial charge in [-0.05, 0) is 43.7 Å². The Bertz CT molecular complexity index is 1030. The smallest absolute Gasteiger partial charge is 0.328 e. The summed E-state index contributed by atoms with van der Waals surface area (Å²) < 4.78 is 8.66. The first-order chi connectivity index (χ1) is 12.4. The minimum Gasteiger partial charge on any atom is -0.492 e. The Balaban J connectivity index is 1.87. The highest BCUT2D eigenvalue weighted by Gasteiger charge is 2.13. The van der Waals surface area contributed by atoms with Crippen molar-refractivity contribution >= 4 is 28.4 Å². The Morgan fingerprint density at radius 1 is 1.04 bits per heavy atom. The van der Waals surface area contributed by atoms with Crippen LogP contribution in [0.3, 0.4) is 0 Å². The lowest BCUT2D eigenvalue weighted by atomic mass is 10.1. The molecule has 7 nitrogen and oxygen atoms in total. The van der Waals surface area contributed by atoms with Crippen molar-refractivity contribution < 1.29 is 9.53 Å². The molecule has 0 saturated carbocycles. The van der Waals surface area contributed by atoms with Crippen LogP contribution in [-0.2, 0) is 14.1 Å². The van der Waals surface area contributed by atoms with E-state index < -0.39 is 0 Å². The Labute approximate surface area is 151 Å². The average molecular weight is 354 g/mol. The molecule has 0 fully saturated rings. The number of aryl methyl sites for hydroxylation is 3. The highest BCUT2D eigenvalue weighted by atomic mass is 16.5. The number of imidazole rings is 1. The van der Waals surface area contributed by atoms with Crippen molar-refractivity contribution in [1.29, 1.82) is 0 Å². The van der Waals surface area contributed by atoms with E-state index in [0.717, 1.165) is 16.6 Å². The third-order valence-electron chi connectivity index (χ3n) is 4.30. The minimum atomic E-state index is -0.375. The number of benzene rings is 2. The monoisotopic (exact) mass is 354 g/mol. The van der Waals surface area contributed by atoms with Crippen molar-refractivity contribution in [2.45, 2.75) is 13.8 Å². The van der Waals surface area contributed by atoms with Gasteiger partial charge in [-0.3, -0.25) is 9.13 Å². The van der Waals surface area contributed by atoms with E-state index in [0.29, 0.717) is 23.7 Å². The van der Waals surface area contributed by atoms with Crippen LogP contribution in [0.25, 0.3) is 11.0 Å². The van der Waals surface area contributed by atoms with Gasteiger partial charge in [0.05, 0.1) is 23.3 Å². The number of para-hydroxylation sites is 2. The van der Waals surface area contributed by atoms with Gasteiger partial charge in [0.15, 0.2) is 0 Å². The molecule has 0 radical (unpaired) electrons. The third kappa shape index (κ3) is 3.15. The summed E-state index contributed by atoms with van der Waals surface area (Å²) in [4.78, 5) is 24.5. The normalized spacial score (nSPS) is 10.8. The summed E-state index contributed by atoms with van der Waals surface area (Å²) in [6.07, 6.45) is 0. The van der Waals surface area contributed by atoms with Gasteiger partial charge in [0.1, 0.15) is 5.75 Å². The van der Waals surface area contributed by atoms with E-state index in [4.69, 9.17) is 4.74 Å². The van der Waals surface area contributed by atoms with Crippen LogP contribution in [-0.4, -0.2) is 21.8 Å². The molecule has 1 aromatic heterocycles. The molecule has 1 heterocycles.